The topological polar surface area (TPSA) is 48.7 Å². The molecule has 0 aliphatic heterocycles. The molecule has 1 N–H and O–H groups in total. The van der Waals surface area contributed by atoms with Crippen molar-refractivity contribution < 1.29 is 4.39 Å². The predicted molar refractivity (Wildman–Crippen MR) is 63.6 cm³/mol. The summed E-state index contributed by atoms with van der Waals surface area (Å²) in [4.78, 5) is 3.98. The van der Waals surface area contributed by atoms with Crippen LogP contribution in [0.25, 0.3) is 0 Å². The van der Waals surface area contributed by atoms with E-state index in [9.17, 15) is 4.39 Å². The van der Waals surface area contributed by atoms with Gasteiger partial charge in [0.05, 0.1) is 22.3 Å². The molecule has 2 aromatic rings. The van der Waals surface area contributed by atoms with E-state index in [1.54, 1.807) is 18.2 Å². The maximum absolute atomic E-state index is 13.6. The average Bonchev–Trinajstić information content (AvgIpc) is 2.35. The quantitative estimate of drug-likeness (QED) is 0.884. The number of aromatic nitrogens is 1. The van der Waals surface area contributed by atoms with E-state index in [4.69, 9.17) is 16.9 Å². The fraction of sp³-hybridized carbons (Fsp3) is 0. The van der Waals surface area contributed by atoms with E-state index >= 15 is 0 Å². The van der Waals surface area contributed by atoms with Gasteiger partial charge in [0, 0.05) is 6.20 Å². The summed E-state index contributed by atoms with van der Waals surface area (Å²) in [6, 6.07) is 9.71. The zero-order valence-corrected chi connectivity index (χ0v) is 9.37. The summed E-state index contributed by atoms with van der Waals surface area (Å²) in [5, 5.41) is 11.5. The monoisotopic (exact) mass is 247 g/mol. The van der Waals surface area contributed by atoms with Crippen LogP contribution in [0.2, 0.25) is 5.02 Å². The highest BCUT2D eigenvalue weighted by Crippen LogP contribution is 2.24. The first kappa shape index (κ1) is 11.4. The number of nitrogens with one attached hydrogen (secondary N) is 1. The van der Waals surface area contributed by atoms with Crippen LogP contribution in [0.4, 0.5) is 15.9 Å². The van der Waals surface area contributed by atoms with Crippen LogP contribution in [0.15, 0.2) is 36.5 Å². The molecule has 17 heavy (non-hydrogen) atoms. The van der Waals surface area contributed by atoms with Gasteiger partial charge < -0.3 is 5.32 Å². The molecule has 0 amide bonds. The van der Waals surface area contributed by atoms with Gasteiger partial charge in [0.1, 0.15) is 5.82 Å². The van der Waals surface area contributed by atoms with Crippen molar-refractivity contribution in [1.82, 2.24) is 4.98 Å². The summed E-state index contributed by atoms with van der Waals surface area (Å²) in [6.07, 6.45) is 1.48. The van der Waals surface area contributed by atoms with Gasteiger partial charge in [-0.3, -0.25) is 0 Å². The average molecular weight is 248 g/mol. The number of rotatable bonds is 2. The Balaban J connectivity index is 2.32. The maximum Gasteiger partial charge on any atom is 0.165 e. The fourth-order valence-electron chi connectivity index (χ4n) is 1.31. The lowest BCUT2D eigenvalue weighted by molar-refractivity contribution is 0.632. The van der Waals surface area contributed by atoms with Crippen LogP contribution < -0.4 is 5.32 Å². The molecule has 1 heterocycles. The standard InChI is InChI=1S/C12H7ClFN3/c13-9-2-1-3-10(12(9)14)17-11-6-8(7-15)4-5-16-11/h1-6H,(H,16,17). The van der Waals surface area contributed by atoms with Gasteiger partial charge in [-0.2, -0.15) is 5.26 Å². The summed E-state index contributed by atoms with van der Waals surface area (Å²) in [5.74, 6) is -0.149. The van der Waals surface area contributed by atoms with Gasteiger partial charge >= 0.3 is 0 Å². The fourth-order valence-corrected chi connectivity index (χ4v) is 1.48. The van der Waals surface area contributed by atoms with E-state index in [0.29, 0.717) is 11.4 Å². The molecule has 0 saturated heterocycles. The molecule has 3 nitrogen and oxygen atoms in total. The zero-order valence-electron chi connectivity index (χ0n) is 8.61. The zero-order chi connectivity index (χ0) is 12.3. The van der Waals surface area contributed by atoms with Crippen molar-refractivity contribution in [3.63, 3.8) is 0 Å². The minimum Gasteiger partial charge on any atom is -0.338 e. The van der Waals surface area contributed by atoms with Gasteiger partial charge in [-0.25, -0.2) is 9.37 Å². The van der Waals surface area contributed by atoms with Gasteiger partial charge in [0.2, 0.25) is 0 Å². The Morgan fingerprint density at radius 2 is 2.18 bits per heavy atom. The minimum absolute atomic E-state index is 0.0337. The van der Waals surface area contributed by atoms with Gasteiger partial charge in [-0.1, -0.05) is 17.7 Å². The molecule has 1 aromatic carbocycles. The van der Waals surface area contributed by atoms with Crippen molar-refractivity contribution in [2.24, 2.45) is 0 Å². The molecule has 84 valence electrons. The number of hydrogen-bond acceptors (Lipinski definition) is 3. The summed E-state index contributed by atoms with van der Waals surface area (Å²) in [6.45, 7) is 0. The van der Waals surface area contributed by atoms with E-state index in [1.165, 1.54) is 18.3 Å². The predicted octanol–water partition coefficient (Wildman–Crippen LogP) is 3.49. The van der Waals surface area contributed by atoms with Crippen LogP contribution in [-0.2, 0) is 0 Å². The molecular weight excluding hydrogens is 241 g/mol. The second-order valence-corrected chi connectivity index (χ2v) is 3.68. The second kappa shape index (κ2) is 4.81. The number of hydrogen-bond donors (Lipinski definition) is 1. The molecular formula is C12H7ClFN3. The number of benzene rings is 1. The lowest BCUT2D eigenvalue weighted by Crippen LogP contribution is -1.96. The Labute approximate surface area is 102 Å². The SMILES string of the molecule is N#Cc1ccnc(Nc2cccc(Cl)c2F)c1. The van der Waals surface area contributed by atoms with E-state index in [-0.39, 0.29) is 10.7 Å². The first-order valence-electron chi connectivity index (χ1n) is 4.78. The highest BCUT2D eigenvalue weighted by molar-refractivity contribution is 6.31. The molecule has 0 aliphatic rings. The van der Waals surface area contributed by atoms with E-state index in [2.05, 4.69) is 10.3 Å². The third-order valence-electron chi connectivity index (χ3n) is 2.10. The molecule has 0 fully saturated rings. The molecule has 1 aromatic heterocycles. The van der Waals surface area contributed by atoms with Crippen LogP contribution in [0.3, 0.4) is 0 Å². The van der Waals surface area contributed by atoms with Crippen molar-refractivity contribution in [3.05, 3.63) is 52.9 Å². The van der Waals surface area contributed by atoms with Crippen LogP contribution in [0.1, 0.15) is 5.56 Å². The van der Waals surface area contributed by atoms with Crippen LogP contribution >= 0.6 is 11.6 Å². The third kappa shape index (κ3) is 2.52. The summed E-state index contributed by atoms with van der Waals surface area (Å²) in [7, 11) is 0. The molecule has 0 unspecified atom stereocenters. The first-order chi connectivity index (χ1) is 8.20. The minimum atomic E-state index is -0.543. The third-order valence-corrected chi connectivity index (χ3v) is 2.40. The Kier molecular flexibility index (Phi) is 3.22. The Morgan fingerprint density at radius 1 is 1.35 bits per heavy atom. The van der Waals surface area contributed by atoms with Gasteiger partial charge in [0.25, 0.3) is 0 Å². The van der Waals surface area contributed by atoms with E-state index in [1.807, 2.05) is 6.07 Å². The van der Waals surface area contributed by atoms with Gasteiger partial charge in [-0.15, -0.1) is 0 Å². The summed E-state index contributed by atoms with van der Waals surface area (Å²) in [5.41, 5.74) is 0.671. The highest BCUT2D eigenvalue weighted by atomic mass is 35.5. The lowest BCUT2D eigenvalue weighted by atomic mass is 10.2. The normalized spacial score (nSPS) is 9.71. The van der Waals surface area contributed by atoms with Crippen molar-refractivity contribution in [2.75, 3.05) is 5.32 Å². The Bertz CT molecular complexity index is 593. The number of halogens is 2. The summed E-state index contributed by atoms with van der Waals surface area (Å²) >= 11 is 5.65. The Morgan fingerprint density at radius 3 is 2.94 bits per heavy atom. The number of nitriles is 1. The van der Waals surface area contributed by atoms with Crippen molar-refractivity contribution in [1.29, 1.82) is 5.26 Å². The molecule has 0 bridgehead atoms. The molecule has 0 spiro atoms. The lowest BCUT2D eigenvalue weighted by Gasteiger charge is -2.07. The van der Waals surface area contributed by atoms with Gasteiger partial charge in [0.15, 0.2) is 5.82 Å². The number of anilines is 2. The van der Waals surface area contributed by atoms with E-state index in [0.717, 1.165) is 0 Å². The molecule has 0 atom stereocenters. The van der Waals surface area contributed by atoms with Crippen LogP contribution in [0, 0.1) is 17.1 Å². The maximum atomic E-state index is 13.6. The smallest absolute Gasteiger partial charge is 0.165 e. The molecule has 5 heteroatoms. The van der Waals surface area contributed by atoms with Gasteiger partial charge in [-0.05, 0) is 24.3 Å². The van der Waals surface area contributed by atoms with Crippen LogP contribution in [-0.4, -0.2) is 4.98 Å². The number of nitrogens with zero attached hydrogens (tertiary/aromatic N) is 2. The van der Waals surface area contributed by atoms with Crippen molar-refractivity contribution in [2.45, 2.75) is 0 Å². The van der Waals surface area contributed by atoms with Crippen molar-refractivity contribution >= 4 is 23.1 Å². The highest BCUT2D eigenvalue weighted by Gasteiger charge is 2.06. The molecule has 0 radical (unpaired) electrons. The largest absolute Gasteiger partial charge is 0.338 e. The summed E-state index contributed by atoms with van der Waals surface area (Å²) < 4.78 is 13.6. The molecule has 0 aliphatic carbocycles. The molecule has 2 rings (SSSR count). The van der Waals surface area contributed by atoms with Crippen LogP contribution in [0.5, 0.6) is 0 Å². The second-order valence-electron chi connectivity index (χ2n) is 3.27. The first-order valence-corrected chi connectivity index (χ1v) is 5.15. The van der Waals surface area contributed by atoms with Crippen molar-refractivity contribution in [3.8, 4) is 6.07 Å². The number of pyridine rings is 1. The molecule has 0 saturated carbocycles. The Hall–Kier alpha value is -2.12. The van der Waals surface area contributed by atoms with E-state index < -0.39 is 5.82 Å².